The average Bonchev–Trinajstić information content (AvgIpc) is 3.74. The summed E-state index contributed by atoms with van der Waals surface area (Å²) in [4.78, 5) is 12.2. The minimum absolute atomic E-state index is 0.0464. The van der Waals surface area contributed by atoms with E-state index < -0.39 is 78.6 Å². The van der Waals surface area contributed by atoms with E-state index in [-0.39, 0.29) is 58.5 Å². The van der Waals surface area contributed by atoms with Crippen LogP contribution in [0.4, 0.5) is 11.4 Å². The van der Waals surface area contributed by atoms with Crippen LogP contribution >= 0.6 is 11.6 Å². The molecule has 0 aromatic heterocycles. The van der Waals surface area contributed by atoms with Gasteiger partial charge in [-0.1, -0.05) is 23.8 Å². The van der Waals surface area contributed by atoms with E-state index in [9.17, 15) is 61.8 Å². The number of benzene rings is 2. The van der Waals surface area contributed by atoms with Crippen molar-refractivity contribution in [3.8, 4) is 0 Å². The molecule has 0 spiro atoms. The van der Waals surface area contributed by atoms with E-state index in [0.717, 1.165) is 0 Å². The smallest absolute Gasteiger partial charge is 0.303 e. The van der Waals surface area contributed by atoms with Crippen molar-refractivity contribution in [3.63, 3.8) is 0 Å². The number of anilines is 1. The van der Waals surface area contributed by atoms with Crippen molar-refractivity contribution < 1.29 is 94.8 Å². The Morgan fingerprint density at radius 1 is 0.662 bits per heavy atom. The fourth-order valence-electron chi connectivity index (χ4n) is 10.2. The number of fused-ring (bicyclic) bond motifs is 2. The summed E-state index contributed by atoms with van der Waals surface area (Å²) in [6.07, 6.45) is 10.1. The second-order valence-corrected chi connectivity index (χ2v) is 26.1. The van der Waals surface area contributed by atoms with Gasteiger partial charge in [0, 0.05) is 77.5 Å². The molecule has 0 bridgehead atoms. The predicted octanol–water partition coefficient (Wildman–Crippen LogP) is 5.70. The summed E-state index contributed by atoms with van der Waals surface area (Å²) >= 11 is 7.27. The molecule has 0 fully saturated rings. The largest absolute Gasteiger partial charge is 0.748 e. The monoisotopic (exact) mass is 1220 g/mol. The molecule has 2 aliphatic heterocycles. The molecular weight excluding hydrogens is 1150 g/mol. The number of hydrogen-bond donors (Lipinski definition) is 1. The summed E-state index contributed by atoms with van der Waals surface area (Å²) in [5, 5.41) is 9.61. The van der Waals surface area contributed by atoms with Gasteiger partial charge in [-0.15, -0.1) is 0 Å². The zero-order chi connectivity index (χ0) is 58.8. The first-order chi connectivity index (χ1) is 37.7. The maximum atomic E-state index is 12.4. The van der Waals surface area contributed by atoms with Crippen molar-refractivity contribution in [3.05, 3.63) is 93.7 Å². The van der Waals surface area contributed by atoms with Gasteiger partial charge in [0.1, 0.15) is 26.8 Å². The van der Waals surface area contributed by atoms with Crippen LogP contribution in [0.15, 0.2) is 92.4 Å². The fourth-order valence-corrected chi connectivity index (χ4v) is 12.5. The zero-order valence-corrected chi connectivity index (χ0v) is 49.3. The predicted molar refractivity (Wildman–Crippen MR) is 292 cm³/mol. The van der Waals surface area contributed by atoms with Gasteiger partial charge in [0.15, 0.2) is 5.71 Å². The highest BCUT2D eigenvalue weighted by atomic mass is 35.5. The Morgan fingerprint density at radius 3 is 1.73 bits per heavy atom. The molecule has 0 saturated carbocycles. The van der Waals surface area contributed by atoms with Gasteiger partial charge in [0.2, 0.25) is 5.69 Å². The molecule has 1 N–H and O–H groups in total. The zero-order valence-electron chi connectivity index (χ0n) is 45.3. The van der Waals surface area contributed by atoms with Gasteiger partial charge < -0.3 is 56.6 Å². The number of ether oxygens (including phenoxy) is 6. The number of rotatable bonds is 37. The molecule has 2 heterocycles. The molecule has 1 aliphatic carbocycles. The molecule has 5 rings (SSSR count). The maximum Gasteiger partial charge on any atom is 0.303 e. The summed E-state index contributed by atoms with van der Waals surface area (Å²) in [5.74, 6) is -2.35. The third-order valence-electron chi connectivity index (χ3n) is 14.1. The Bertz CT molecular complexity index is 3090. The van der Waals surface area contributed by atoms with Gasteiger partial charge in [-0.05, 0) is 125 Å². The van der Waals surface area contributed by atoms with Crippen molar-refractivity contribution in [2.24, 2.45) is 0 Å². The molecule has 27 heteroatoms. The Hall–Kier alpha value is -3.97. The van der Waals surface area contributed by atoms with Crippen LogP contribution in [-0.2, 0) is 84.5 Å². The number of carboxylic acids is 1. The summed E-state index contributed by atoms with van der Waals surface area (Å²) < 4.78 is 180. The number of unbranched alkanes of at least 4 members (excludes halogenated alkanes) is 2. The molecule has 0 saturated heterocycles. The van der Waals surface area contributed by atoms with Gasteiger partial charge in [0.05, 0.1) is 108 Å². The maximum absolute atomic E-state index is 12.4. The highest BCUT2D eigenvalue weighted by Gasteiger charge is 2.48. The van der Waals surface area contributed by atoms with E-state index in [1.165, 1.54) is 36.4 Å². The second-order valence-electron chi connectivity index (χ2n) is 19.9. The van der Waals surface area contributed by atoms with Gasteiger partial charge in [-0.3, -0.25) is 4.79 Å². The first kappa shape index (κ1) is 66.8. The van der Waals surface area contributed by atoms with Crippen LogP contribution in [0.2, 0.25) is 0 Å². The van der Waals surface area contributed by atoms with Crippen LogP contribution in [0.3, 0.4) is 0 Å². The molecule has 0 amide bonds. The topological polar surface area (TPSA) is 328 Å². The van der Waals surface area contributed by atoms with E-state index in [4.69, 9.17) is 40.0 Å². The number of nitrogens with zero attached hydrogens (tertiary/aromatic N) is 2. The molecule has 448 valence electrons. The van der Waals surface area contributed by atoms with Crippen LogP contribution < -0.4 is 4.90 Å². The molecule has 2 unspecified atom stereocenters. The van der Waals surface area contributed by atoms with Crippen molar-refractivity contribution in [2.75, 3.05) is 109 Å². The first-order valence-corrected chi connectivity index (χ1v) is 32.6. The highest BCUT2D eigenvalue weighted by molar-refractivity contribution is 7.86. The molecule has 3 aliphatic rings. The third kappa shape index (κ3) is 19.9. The average molecular weight is 1220 g/mol. The number of aliphatic carboxylic acids is 1. The lowest BCUT2D eigenvalue weighted by atomic mass is 9.75. The van der Waals surface area contributed by atoms with Crippen molar-refractivity contribution >= 4 is 75.1 Å². The van der Waals surface area contributed by atoms with Crippen LogP contribution in [0, 0.1) is 0 Å². The van der Waals surface area contributed by atoms with Crippen LogP contribution in [0.1, 0.15) is 95.6 Å². The quantitative estimate of drug-likeness (QED) is 0.0482. The lowest BCUT2D eigenvalue weighted by Gasteiger charge is -2.31. The summed E-state index contributed by atoms with van der Waals surface area (Å²) in [6, 6.07) is 7.94. The third-order valence-corrected chi connectivity index (χ3v) is 17.9. The Morgan fingerprint density at radius 2 is 1.19 bits per heavy atom. The normalized spacial score (nSPS) is 20.0. The van der Waals surface area contributed by atoms with E-state index in [1.54, 1.807) is 45.3 Å². The number of carbonyl (C=O) groups is 1. The molecule has 0 radical (unpaired) electrons. The van der Waals surface area contributed by atoms with Gasteiger partial charge in [0.25, 0.3) is 0 Å². The fraction of sp³-hybridized carbons (Fsp3) is 0.585. The Balaban J connectivity index is 1.45. The number of methoxy groups -OCH3 is 1. The lowest BCUT2D eigenvalue weighted by Crippen LogP contribution is -2.32. The molecular formula is C53H72ClN2O20S4-3. The number of allylic oxidation sites excluding steroid dienone is 8. The van der Waals surface area contributed by atoms with E-state index in [0.29, 0.717) is 148 Å². The lowest BCUT2D eigenvalue weighted by molar-refractivity contribution is -0.438. The molecule has 2 aromatic rings. The first-order valence-electron chi connectivity index (χ1n) is 26.3. The highest BCUT2D eigenvalue weighted by Crippen LogP contribution is 2.52. The molecule has 22 nitrogen and oxygen atoms in total. The minimum atomic E-state index is -4.94. The van der Waals surface area contributed by atoms with Crippen molar-refractivity contribution in [2.45, 2.75) is 105 Å². The van der Waals surface area contributed by atoms with Gasteiger partial charge in [-0.2, -0.15) is 4.58 Å². The summed E-state index contributed by atoms with van der Waals surface area (Å²) in [7, 11) is -17.6. The SMILES string of the molecule is COCCOCCOCCOCCOCCOCCN1/C(=C/C=C2\CCCC(/C=C/C3=[N+](CCCCCC(=O)O)c4ccc(S(=O)(=O)[O-])cc4C3(C)CCCS(=O)(=O)[O-])=C2Cl)C(C)(CCCS(=O)(=O)[O-])c2cc(S(=O)(=O)[O-])ccc21. The van der Waals surface area contributed by atoms with E-state index >= 15 is 0 Å². The number of halogens is 1. The summed E-state index contributed by atoms with van der Waals surface area (Å²) in [5.41, 5.74) is 2.17. The van der Waals surface area contributed by atoms with Crippen LogP contribution in [0.25, 0.3) is 0 Å². The molecule has 2 atom stereocenters. The second kappa shape index (κ2) is 30.5. The van der Waals surface area contributed by atoms with Crippen molar-refractivity contribution in [1.29, 1.82) is 0 Å². The minimum Gasteiger partial charge on any atom is -0.748 e. The Labute approximate surface area is 475 Å². The number of carboxylic acid groups (broad SMARTS) is 1. The summed E-state index contributed by atoms with van der Waals surface area (Å²) in [6.45, 7) is 7.96. The van der Waals surface area contributed by atoms with E-state index in [2.05, 4.69) is 0 Å². The standard InChI is InChI=1S/C53H75ClN2O20S4/c1-52(21-8-36-77(59,60)61)44-38-42(79(65,66)67)15-17-46(44)55(23-6-4-5-12-50(57)58)48(52)19-13-40-10-7-11-41(51(40)54)14-20-49-53(2,22-9-37-78(62,63)64)45-39-43(80(68,69)70)16-18-47(45)56(49)24-25-72-28-29-74-32-33-76-35-34-75-31-30-73-27-26-71-3/h13-20,38-39H,4-12,21-37H2,1-3H3,(H4-,57,58,59,60,61,62,63,64,65,66,67,68,69,70)/p-3. The van der Waals surface area contributed by atoms with Gasteiger partial charge in [-0.25, -0.2) is 33.7 Å². The molecule has 2 aromatic carbocycles. The number of hydrogen-bond acceptors (Lipinski definition) is 20. The molecule has 80 heavy (non-hydrogen) atoms. The van der Waals surface area contributed by atoms with Crippen molar-refractivity contribution in [1.82, 2.24) is 0 Å². The van der Waals surface area contributed by atoms with Crippen LogP contribution in [-0.4, -0.2) is 178 Å². The Kier molecular flexibility index (Phi) is 25.5. The van der Waals surface area contributed by atoms with Crippen LogP contribution in [0.5, 0.6) is 0 Å². The van der Waals surface area contributed by atoms with E-state index in [1.807, 2.05) is 9.48 Å². The van der Waals surface area contributed by atoms with Gasteiger partial charge >= 0.3 is 5.97 Å².